The molecule has 0 heterocycles. The van der Waals surface area contributed by atoms with Crippen LogP contribution in [0.2, 0.25) is 0 Å². The maximum absolute atomic E-state index is 8.98. The molecule has 1 N–H and O–H groups in total. The number of nitrogens with one attached hydrogen (secondary N) is 1. The van der Waals surface area contributed by atoms with E-state index in [4.69, 9.17) is 10.00 Å². The summed E-state index contributed by atoms with van der Waals surface area (Å²) in [6.07, 6.45) is 0.980. The van der Waals surface area contributed by atoms with Crippen molar-refractivity contribution < 1.29 is 4.74 Å². The molecule has 0 aliphatic carbocycles. The Bertz CT molecular complexity index is 631. The third kappa shape index (κ3) is 4.00. The van der Waals surface area contributed by atoms with Crippen LogP contribution >= 0.6 is 0 Å². The van der Waals surface area contributed by atoms with Crippen LogP contribution < -0.4 is 10.1 Å². The standard InChI is InChI=1S/C18H20N2O/c1-3-11-21-18-10-5-4-9-17(18)20-14(2)16-8-6-7-15(12-16)13-19/h4-10,12,14,20H,3,11H2,1-2H3. The van der Waals surface area contributed by atoms with Crippen molar-refractivity contribution in [2.24, 2.45) is 0 Å². The molecule has 0 fully saturated rings. The molecule has 0 aliphatic rings. The smallest absolute Gasteiger partial charge is 0.142 e. The predicted molar refractivity (Wildman–Crippen MR) is 85.4 cm³/mol. The van der Waals surface area contributed by atoms with E-state index in [1.807, 2.05) is 48.5 Å². The van der Waals surface area contributed by atoms with Crippen LogP contribution in [0, 0.1) is 11.3 Å². The lowest BCUT2D eigenvalue weighted by atomic mass is 10.1. The van der Waals surface area contributed by atoms with Crippen molar-refractivity contribution in [1.29, 1.82) is 5.26 Å². The van der Waals surface area contributed by atoms with E-state index in [1.54, 1.807) is 0 Å². The summed E-state index contributed by atoms with van der Waals surface area (Å²) < 4.78 is 5.75. The van der Waals surface area contributed by atoms with Crippen LogP contribution in [0.1, 0.15) is 37.4 Å². The Balaban J connectivity index is 2.15. The molecule has 1 atom stereocenters. The topological polar surface area (TPSA) is 45.0 Å². The lowest BCUT2D eigenvalue weighted by Gasteiger charge is -2.18. The van der Waals surface area contributed by atoms with Gasteiger partial charge in [-0.1, -0.05) is 31.2 Å². The van der Waals surface area contributed by atoms with Gasteiger partial charge in [0.15, 0.2) is 0 Å². The maximum atomic E-state index is 8.98. The van der Waals surface area contributed by atoms with Gasteiger partial charge in [-0.3, -0.25) is 0 Å². The number of benzene rings is 2. The van der Waals surface area contributed by atoms with Gasteiger partial charge in [-0.25, -0.2) is 0 Å². The number of ether oxygens (including phenoxy) is 1. The van der Waals surface area contributed by atoms with E-state index in [1.165, 1.54) is 0 Å². The van der Waals surface area contributed by atoms with Crippen LogP contribution in [0.3, 0.4) is 0 Å². The fraction of sp³-hybridized carbons (Fsp3) is 0.278. The van der Waals surface area contributed by atoms with Crippen molar-refractivity contribution in [2.45, 2.75) is 26.3 Å². The van der Waals surface area contributed by atoms with Gasteiger partial charge in [-0.05, 0) is 43.2 Å². The van der Waals surface area contributed by atoms with Crippen LogP contribution in [0.15, 0.2) is 48.5 Å². The van der Waals surface area contributed by atoms with Crippen molar-refractivity contribution in [3.05, 3.63) is 59.7 Å². The molecule has 1 unspecified atom stereocenters. The SMILES string of the molecule is CCCOc1ccccc1NC(C)c1cccc(C#N)c1. The molecule has 3 heteroatoms. The molecule has 108 valence electrons. The number of nitrogens with zero attached hydrogens (tertiary/aromatic N) is 1. The van der Waals surface area contributed by atoms with Gasteiger partial charge in [-0.15, -0.1) is 0 Å². The van der Waals surface area contributed by atoms with Crippen LogP contribution in [-0.4, -0.2) is 6.61 Å². The maximum Gasteiger partial charge on any atom is 0.142 e. The van der Waals surface area contributed by atoms with E-state index in [9.17, 15) is 0 Å². The number of hydrogen-bond acceptors (Lipinski definition) is 3. The Morgan fingerprint density at radius 2 is 2.00 bits per heavy atom. The first-order valence-electron chi connectivity index (χ1n) is 7.23. The summed E-state index contributed by atoms with van der Waals surface area (Å²) in [5, 5.41) is 12.4. The third-order valence-corrected chi connectivity index (χ3v) is 3.24. The van der Waals surface area contributed by atoms with E-state index in [-0.39, 0.29) is 6.04 Å². The first-order valence-corrected chi connectivity index (χ1v) is 7.23. The summed E-state index contributed by atoms with van der Waals surface area (Å²) in [5.41, 5.74) is 2.73. The van der Waals surface area contributed by atoms with Crippen molar-refractivity contribution in [2.75, 3.05) is 11.9 Å². The molecule has 21 heavy (non-hydrogen) atoms. The fourth-order valence-corrected chi connectivity index (χ4v) is 2.12. The summed E-state index contributed by atoms with van der Waals surface area (Å²) in [6, 6.07) is 17.9. The monoisotopic (exact) mass is 280 g/mol. The minimum absolute atomic E-state index is 0.102. The van der Waals surface area contributed by atoms with Gasteiger partial charge in [0.1, 0.15) is 5.75 Å². The Morgan fingerprint density at radius 1 is 1.19 bits per heavy atom. The largest absolute Gasteiger partial charge is 0.491 e. The molecule has 0 bridgehead atoms. The second-order valence-electron chi connectivity index (χ2n) is 4.95. The second kappa shape index (κ2) is 7.35. The number of anilines is 1. The second-order valence-corrected chi connectivity index (χ2v) is 4.95. The van der Waals surface area contributed by atoms with Crippen molar-refractivity contribution in [3.63, 3.8) is 0 Å². The predicted octanol–water partition coefficient (Wildman–Crippen LogP) is 4.52. The highest BCUT2D eigenvalue weighted by Crippen LogP contribution is 2.28. The molecule has 2 aromatic rings. The Morgan fingerprint density at radius 3 is 2.76 bits per heavy atom. The van der Waals surface area contributed by atoms with E-state index in [2.05, 4.69) is 25.2 Å². The van der Waals surface area contributed by atoms with E-state index < -0.39 is 0 Å². The molecular weight excluding hydrogens is 260 g/mol. The molecule has 0 aliphatic heterocycles. The van der Waals surface area contributed by atoms with Crippen molar-refractivity contribution in [1.82, 2.24) is 0 Å². The van der Waals surface area contributed by atoms with Crippen LogP contribution in [0.4, 0.5) is 5.69 Å². The lowest BCUT2D eigenvalue weighted by molar-refractivity contribution is 0.318. The molecule has 0 spiro atoms. The zero-order valence-corrected chi connectivity index (χ0v) is 12.5. The normalized spacial score (nSPS) is 11.5. The van der Waals surface area contributed by atoms with Gasteiger partial charge >= 0.3 is 0 Å². The highest BCUT2D eigenvalue weighted by atomic mass is 16.5. The first kappa shape index (κ1) is 14.9. The molecule has 0 saturated heterocycles. The average Bonchev–Trinajstić information content (AvgIpc) is 2.54. The van der Waals surface area contributed by atoms with Crippen LogP contribution in [-0.2, 0) is 0 Å². The molecule has 2 rings (SSSR count). The average molecular weight is 280 g/mol. The highest BCUT2D eigenvalue weighted by molar-refractivity contribution is 5.57. The first-order chi connectivity index (χ1) is 10.2. The minimum atomic E-state index is 0.102. The summed E-state index contributed by atoms with van der Waals surface area (Å²) in [5.74, 6) is 0.864. The molecule has 3 nitrogen and oxygen atoms in total. The van der Waals surface area contributed by atoms with E-state index in [0.29, 0.717) is 12.2 Å². The molecule has 2 aromatic carbocycles. The van der Waals surface area contributed by atoms with Gasteiger partial charge in [0.05, 0.1) is 23.9 Å². The number of nitriles is 1. The van der Waals surface area contributed by atoms with Gasteiger partial charge in [0, 0.05) is 6.04 Å². The molecule has 0 saturated carbocycles. The Hall–Kier alpha value is -2.47. The summed E-state index contributed by atoms with van der Waals surface area (Å²) in [4.78, 5) is 0. The van der Waals surface area contributed by atoms with Crippen LogP contribution in [0.5, 0.6) is 5.75 Å². The molecular formula is C18H20N2O. The van der Waals surface area contributed by atoms with Crippen LogP contribution in [0.25, 0.3) is 0 Å². The summed E-state index contributed by atoms with van der Waals surface area (Å²) in [7, 11) is 0. The minimum Gasteiger partial charge on any atom is -0.491 e. The van der Waals surface area contributed by atoms with Gasteiger partial charge in [-0.2, -0.15) is 5.26 Å². The quantitative estimate of drug-likeness (QED) is 0.846. The van der Waals surface area contributed by atoms with E-state index in [0.717, 1.165) is 23.4 Å². The van der Waals surface area contributed by atoms with E-state index >= 15 is 0 Å². The van der Waals surface area contributed by atoms with Gasteiger partial charge in [0.25, 0.3) is 0 Å². The molecule has 0 aromatic heterocycles. The molecule has 0 amide bonds. The van der Waals surface area contributed by atoms with Crippen molar-refractivity contribution >= 4 is 5.69 Å². The van der Waals surface area contributed by atoms with Crippen molar-refractivity contribution in [3.8, 4) is 11.8 Å². The highest BCUT2D eigenvalue weighted by Gasteiger charge is 2.09. The van der Waals surface area contributed by atoms with Gasteiger partial charge < -0.3 is 10.1 Å². The number of hydrogen-bond donors (Lipinski definition) is 1. The van der Waals surface area contributed by atoms with Gasteiger partial charge in [0.2, 0.25) is 0 Å². The lowest BCUT2D eigenvalue weighted by Crippen LogP contribution is -2.08. The summed E-state index contributed by atoms with van der Waals surface area (Å²) in [6.45, 7) is 4.87. The molecule has 0 radical (unpaired) electrons. The third-order valence-electron chi connectivity index (χ3n) is 3.24. The Kier molecular flexibility index (Phi) is 5.22. The number of rotatable bonds is 6. The Labute approximate surface area is 126 Å². The fourth-order valence-electron chi connectivity index (χ4n) is 2.12. The number of para-hydroxylation sites is 2. The summed E-state index contributed by atoms with van der Waals surface area (Å²) >= 11 is 0. The zero-order valence-electron chi connectivity index (χ0n) is 12.5. The zero-order chi connectivity index (χ0) is 15.1.